The lowest BCUT2D eigenvalue weighted by atomic mass is 10.1. The molecule has 3 aromatic carbocycles. The van der Waals surface area contributed by atoms with Gasteiger partial charge in [-0.05, 0) is 61.9 Å². The third-order valence-electron chi connectivity index (χ3n) is 8.78. The number of nitrogens with one attached hydrogen (secondary N) is 1. The molecule has 258 valence electrons. The van der Waals surface area contributed by atoms with E-state index >= 15 is 4.39 Å². The highest BCUT2D eigenvalue weighted by Crippen LogP contribution is 2.38. The van der Waals surface area contributed by atoms with E-state index < -0.39 is 28.7 Å². The number of rotatable bonds is 10. The van der Waals surface area contributed by atoms with Gasteiger partial charge < -0.3 is 29.4 Å². The molecule has 2 N–H and O–H groups in total. The van der Waals surface area contributed by atoms with Gasteiger partial charge in [0.2, 0.25) is 0 Å². The van der Waals surface area contributed by atoms with Gasteiger partial charge in [-0.15, -0.1) is 0 Å². The lowest BCUT2D eigenvalue weighted by Gasteiger charge is -2.19. The number of hydrogen-bond acceptors (Lipinski definition) is 9. The van der Waals surface area contributed by atoms with Gasteiger partial charge in [0, 0.05) is 72.9 Å². The molecule has 0 aliphatic carbocycles. The third kappa shape index (κ3) is 6.69. The van der Waals surface area contributed by atoms with Gasteiger partial charge in [-0.3, -0.25) is 24.0 Å². The number of β-amino-alcohol motifs (C(OH)–C–C–N with tert-alkyl or cyclic N) is 1. The fraction of sp³-hybridized carbons (Fsp3) is 0.270. The number of anilines is 1. The number of likely N-dealkylation sites (tertiary alicyclic amines) is 1. The summed E-state index contributed by atoms with van der Waals surface area (Å²) in [4.78, 5) is 33.5. The standard InChI is InChI=1S/C37H34F2N4O7/c1-37(46)11-13-42(21-37)14-16-48-32-19-28-26(18-31(32)47-2)29(9-12-40-28)50-30-8-5-24(17-27(30)39)41-35(44)33-34-22(10-15-49-34)20-43(36(33)45)25-6-3-23(38)4-7-25/h3-9,12,17-20,46H,10-11,13-16,21H2,1-2H3,(H,41,44). The number of halogens is 2. The maximum Gasteiger partial charge on any atom is 0.271 e. The van der Waals surface area contributed by atoms with Crippen molar-refractivity contribution in [2.45, 2.75) is 25.4 Å². The zero-order valence-corrected chi connectivity index (χ0v) is 27.4. The molecule has 7 rings (SSSR count). The summed E-state index contributed by atoms with van der Waals surface area (Å²) in [7, 11) is 1.52. The smallest absolute Gasteiger partial charge is 0.271 e. The number of amides is 1. The van der Waals surface area contributed by atoms with Crippen LogP contribution in [0.1, 0.15) is 29.3 Å². The van der Waals surface area contributed by atoms with Crippen molar-refractivity contribution >= 4 is 22.5 Å². The first-order chi connectivity index (χ1) is 24.1. The van der Waals surface area contributed by atoms with Crippen LogP contribution in [0.15, 0.2) is 77.9 Å². The monoisotopic (exact) mass is 684 g/mol. The van der Waals surface area contributed by atoms with Gasteiger partial charge in [0.25, 0.3) is 11.5 Å². The molecule has 0 saturated carbocycles. The topological polar surface area (TPSA) is 124 Å². The molecule has 11 nitrogen and oxygen atoms in total. The van der Waals surface area contributed by atoms with Gasteiger partial charge in [-0.25, -0.2) is 8.78 Å². The van der Waals surface area contributed by atoms with E-state index in [2.05, 4.69) is 15.2 Å². The van der Waals surface area contributed by atoms with E-state index in [9.17, 15) is 19.1 Å². The summed E-state index contributed by atoms with van der Waals surface area (Å²) in [6.45, 7) is 4.51. The quantitative estimate of drug-likeness (QED) is 0.197. The number of benzene rings is 3. The van der Waals surface area contributed by atoms with Crippen molar-refractivity contribution in [3.63, 3.8) is 0 Å². The van der Waals surface area contributed by atoms with Gasteiger partial charge in [0.05, 0.1) is 24.8 Å². The van der Waals surface area contributed by atoms with Crippen LogP contribution in [0.2, 0.25) is 0 Å². The number of nitrogens with zero attached hydrogens (tertiary/aromatic N) is 3. The molecule has 0 radical (unpaired) electrons. The van der Waals surface area contributed by atoms with Crippen LogP contribution in [0.3, 0.4) is 0 Å². The van der Waals surface area contributed by atoms with Gasteiger partial charge >= 0.3 is 0 Å². The van der Waals surface area contributed by atoms with Crippen molar-refractivity contribution in [1.29, 1.82) is 0 Å². The van der Waals surface area contributed by atoms with E-state index in [0.29, 0.717) is 71.9 Å². The van der Waals surface area contributed by atoms with E-state index in [1.54, 1.807) is 24.4 Å². The van der Waals surface area contributed by atoms with E-state index in [0.717, 1.165) is 12.6 Å². The first kappa shape index (κ1) is 33.0. The number of methoxy groups -OCH3 is 1. The van der Waals surface area contributed by atoms with Crippen molar-refractivity contribution in [2.24, 2.45) is 0 Å². The van der Waals surface area contributed by atoms with Gasteiger partial charge in [0.15, 0.2) is 23.1 Å². The van der Waals surface area contributed by atoms with Crippen LogP contribution in [0.4, 0.5) is 14.5 Å². The second-order valence-electron chi connectivity index (χ2n) is 12.5. The van der Waals surface area contributed by atoms with Gasteiger partial charge in [0.1, 0.15) is 29.5 Å². The highest BCUT2D eigenvalue weighted by Gasteiger charge is 2.31. The Labute approximate surface area is 285 Å². The first-order valence-corrected chi connectivity index (χ1v) is 16.1. The fourth-order valence-electron chi connectivity index (χ4n) is 6.23. The molecule has 1 saturated heterocycles. The summed E-state index contributed by atoms with van der Waals surface area (Å²) in [6.07, 6.45) is 4.30. The van der Waals surface area contributed by atoms with E-state index in [1.807, 2.05) is 6.92 Å². The van der Waals surface area contributed by atoms with Crippen molar-refractivity contribution in [3.8, 4) is 34.4 Å². The Bertz CT molecular complexity index is 2150. The van der Waals surface area contributed by atoms with Gasteiger partial charge in [-0.1, -0.05) is 0 Å². The Kier molecular flexibility index (Phi) is 8.85. The van der Waals surface area contributed by atoms with Crippen molar-refractivity contribution in [2.75, 3.05) is 45.3 Å². The maximum atomic E-state index is 15.5. The molecule has 1 atom stereocenters. The largest absolute Gasteiger partial charge is 0.493 e. The molecule has 5 aromatic rings. The van der Waals surface area contributed by atoms with Crippen LogP contribution >= 0.6 is 0 Å². The molecule has 50 heavy (non-hydrogen) atoms. The van der Waals surface area contributed by atoms with Crippen LogP contribution < -0.4 is 29.8 Å². The molecule has 4 heterocycles. The Morgan fingerprint density at radius 3 is 2.62 bits per heavy atom. The lowest BCUT2D eigenvalue weighted by molar-refractivity contribution is 0.0669. The zero-order valence-electron chi connectivity index (χ0n) is 27.4. The second-order valence-corrected chi connectivity index (χ2v) is 12.5. The number of hydrogen-bond donors (Lipinski definition) is 2. The summed E-state index contributed by atoms with van der Waals surface area (Å²) in [6, 6.07) is 14.3. The Morgan fingerprint density at radius 1 is 1.06 bits per heavy atom. The molecule has 2 aliphatic rings. The van der Waals surface area contributed by atoms with Crippen LogP contribution in [0, 0.1) is 11.6 Å². The minimum absolute atomic E-state index is 0.0868. The predicted molar refractivity (Wildman–Crippen MR) is 181 cm³/mol. The molecule has 2 aromatic heterocycles. The molecular weight excluding hydrogens is 650 g/mol. The molecule has 1 unspecified atom stereocenters. The number of aromatic nitrogens is 2. The molecule has 13 heteroatoms. The minimum Gasteiger partial charge on any atom is -0.493 e. The normalized spacial score (nSPS) is 17.0. The summed E-state index contributed by atoms with van der Waals surface area (Å²) in [5, 5.41) is 13.4. The second kappa shape index (κ2) is 13.4. The molecule has 1 fully saturated rings. The van der Waals surface area contributed by atoms with E-state index in [1.165, 1.54) is 54.3 Å². The number of fused-ring (bicyclic) bond motifs is 2. The van der Waals surface area contributed by atoms with E-state index in [4.69, 9.17) is 18.9 Å². The molecule has 0 spiro atoms. The Balaban J connectivity index is 1.08. The summed E-state index contributed by atoms with van der Waals surface area (Å²) in [5.74, 6) is -0.712. The van der Waals surface area contributed by atoms with Crippen LogP contribution in [0.5, 0.6) is 28.7 Å². The fourth-order valence-corrected chi connectivity index (χ4v) is 6.23. The molecular formula is C37H34F2N4O7. The predicted octanol–water partition coefficient (Wildman–Crippen LogP) is 5.49. The molecule has 1 amide bonds. The summed E-state index contributed by atoms with van der Waals surface area (Å²) >= 11 is 0. The summed E-state index contributed by atoms with van der Waals surface area (Å²) < 4.78 is 53.5. The third-order valence-corrected chi connectivity index (χ3v) is 8.78. The lowest BCUT2D eigenvalue weighted by Crippen LogP contribution is -2.32. The number of carbonyl (C=O) groups is 1. The molecule has 2 aliphatic heterocycles. The van der Waals surface area contributed by atoms with Crippen LogP contribution in [0.25, 0.3) is 16.6 Å². The maximum absolute atomic E-state index is 15.5. The number of pyridine rings is 2. The first-order valence-electron chi connectivity index (χ1n) is 16.1. The average molecular weight is 685 g/mol. The molecule has 0 bridgehead atoms. The number of ether oxygens (including phenoxy) is 4. The number of carbonyl (C=O) groups excluding carboxylic acids is 1. The van der Waals surface area contributed by atoms with Crippen molar-refractivity contribution in [1.82, 2.24) is 14.5 Å². The van der Waals surface area contributed by atoms with Gasteiger partial charge in [-0.2, -0.15) is 0 Å². The van der Waals surface area contributed by atoms with Crippen LogP contribution in [-0.2, 0) is 6.42 Å². The summed E-state index contributed by atoms with van der Waals surface area (Å²) in [5.41, 5.74) is 0.0569. The van der Waals surface area contributed by atoms with Crippen molar-refractivity contribution < 1.29 is 37.6 Å². The number of aliphatic hydroxyl groups is 1. The zero-order chi connectivity index (χ0) is 35.0. The Hall–Kier alpha value is -5.53. The van der Waals surface area contributed by atoms with Crippen LogP contribution in [-0.4, -0.2) is 71.0 Å². The SMILES string of the molecule is COc1cc2c(Oc3ccc(NC(=O)c4c5c(cn(-c6ccc(F)cc6)c4=O)CCO5)cc3F)ccnc2cc1OCCN1CCC(C)(O)C1. The van der Waals surface area contributed by atoms with Crippen molar-refractivity contribution in [3.05, 3.63) is 106 Å². The average Bonchev–Trinajstić information content (AvgIpc) is 3.70. The Morgan fingerprint density at radius 2 is 1.88 bits per heavy atom. The highest BCUT2D eigenvalue weighted by molar-refractivity contribution is 6.06. The van der Waals surface area contributed by atoms with E-state index in [-0.39, 0.29) is 29.4 Å². The minimum atomic E-state index is -0.782. The highest BCUT2D eigenvalue weighted by atomic mass is 19.1.